The SMILES string of the molecule is CN=C(NCCC(=O)Nc1cccc(C)n1)NCC(C)(C)c1cccc(F)c1. The molecule has 1 heterocycles. The van der Waals surface area contributed by atoms with E-state index in [1.165, 1.54) is 6.07 Å². The van der Waals surface area contributed by atoms with E-state index in [0.29, 0.717) is 24.9 Å². The average Bonchev–Trinajstić information content (AvgIpc) is 2.64. The van der Waals surface area contributed by atoms with Gasteiger partial charge in [0.1, 0.15) is 11.6 Å². The molecule has 0 saturated heterocycles. The largest absolute Gasteiger partial charge is 0.356 e. The number of nitrogens with zero attached hydrogens (tertiary/aromatic N) is 2. The van der Waals surface area contributed by atoms with Crippen LogP contribution in [0.5, 0.6) is 0 Å². The van der Waals surface area contributed by atoms with Crippen LogP contribution in [0.4, 0.5) is 10.2 Å². The number of pyridine rings is 1. The number of aryl methyl sites for hydroxylation is 1. The summed E-state index contributed by atoms with van der Waals surface area (Å²) in [5.41, 5.74) is 1.47. The highest BCUT2D eigenvalue weighted by molar-refractivity contribution is 5.90. The van der Waals surface area contributed by atoms with E-state index in [0.717, 1.165) is 11.3 Å². The summed E-state index contributed by atoms with van der Waals surface area (Å²) in [4.78, 5) is 20.5. The lowest BCUT2D eigenvalue weighted by molar-refractivity contribution is -0.116. The summed E-state index contributed by atoms with van der Waals surface area (Å²) in [5, 5.41) is 9.12. The van der Waals surface area contributed by atoms with Crippen molar-refractivity contribution in [2.75, 3.05) is 25.5 Å². The van der Waals surface area contributed by atoms with Crippen LogP contribution in [0.15, 0.2) is 47.5 Å². The minimum atomic E-state index is -0.284. The molecule has 0 bridgehead atoms. The smallest absolute Gasteiger partial charge is 0.227 e. The van der Waals surface area contributed by atoms with Crippen LogP contribution < -0.4 is 16.0 Å². The van der Waals surface area contributed by atoms with Gasteiger partial charge in [-0.05, 0) is 36.8 Å². The van der Waals surface area contributed by atoms with Crippen LogP contribution in [0.2, 0.25) is 0 Å². The molecule has 3 N–H and O–H groups in total. The Labute approximate surface area is 165 Å². The standard InChI is InChI=1S/C21H28FN5O/c1-15-7-5-10-18(26-15)27-19(28)11-12-24-20(23-4)25-14-21(2,3)16-8-6-9-17(22)13-16/h5-10,13H,11-12,14H2,1-4H3,(H2,23,24,25)(H,26,27,28). The Morgan fingerprint density at radius 1 is 1.18 bits per heavy atom. The first-order chi connectivity index (χ1) is 13.3. The summed E-state index contributed by atoms with van der Waals surface area (Å²) < 4.78 is 13.5. The van der Waals surface area contributed by atoms with Gasteiger partial charge in [0, 0.05) is 37.7 Å². The van der Waals surface area contributed by atoms with Gasteiger partial charge in [-0.2, -0.15) is 0 Å². The highest BCUT2D eigenvalue weighted by Gasteiger charge is 2.21. The van der Waals surface area contributed by atoms with Crippen molar-refractivity contribution in [1.29, 1.82) is 0 Å². The highest BCUT2D eigenvalue weighted by atomic mass is 19.1. The van der Waals surface area contributed by atoms with Crippen molar-refractivity contribution < 1.29 is 9.18 Å². The minimum Gasteiger partial charge on any atom is -0.356 e. The molecule has 150 valence electrons. The maximum atomic E-state index is 13.5. The first kappa shape index (κ1) is 21.3. The molecule has 1 amide bonds. The fourth-order valence-electron chi connectivity index (χ4n) is 2.65. The number of hydrogen-bond acceptors (Lipinski definition) is 3. The molecule has 0 aliphatic carbocycles. The van der Waals surface area contributed by atoms with E-state index in [9.17, 15) is 9.18 Å². The van der Waals surface area contributed by atoms with Gasteiger partial charge >= 0.3 is 0 Å². The molecule has 0 atom stereocenters. The van der Waals surface area contributed by atoms with Gasteiger partial charge in [-0.25, -0.2) is 9.37 Å². The van der Waals surface area contributed by atoms with E-state index < -0.39 is 0 Å². The molecule has 0 unspecified atom stereocenters. The van der Waals surface area contributed by atoms with Crippen LogP contribution in [0, 0.1) is 12.7 Å². The molecule has 0 radical (unpaired) electrons. The van der Waals surface area contributed by atoms with Crippen molar-refractivity contribution in [1.82, 2.24) is 15.6 Å². The van der Waals surface area contributed by atoms with Gasteiger partial charge in [-0.15, -0.1) is 0 Å². The molecule has 28 heavy (non-hydrogen) atoms. The number of benzene rings is 1. The maximum absolute atomic E-state index is 13.5. The van der Waals surface area contributed by atoms with Gasteiger partial charge in [0.2, 0.25) is 5.91 Å². The second-order valence-corrected chi connectivity index (χ2v) is 7.21. The molecule has 0 aliphatic rings. The molecular formula is C21H28FN5O. The molecular weight excluding hydrogens is 357 g/mol. The Kier molecular flexibility index (Phi) is 7.49. The van der Waals surface area contributed by atoms with Crippen molar-refractivity contribution in [2.45, 2.75) is 32.6 Å². The summed E-state index contributed by atoms with van der Waals surface area (Å²) in [7, 11) is 1.67. The Balaban J connectivity index is 1.79. The van der Waals surface area contributed by atoms with Gasteiger partial charge in [-0.3, -0.25) is 9.79 Å². The van der Waals surface area contributed by atoms with Gasteiger partial charge in [0.25, 0.3) is 0 Å². The number of aliphatic imine (C=N–C) groups is 1. The number of aromatic nitrogens is 1. The van der Waals surface area contributed by atoms with Crippen molar-refractivity contribution >= 4 is 17.7 Å². The van der Waals surface area contributed by atoms with Gasteiger partial charge in [0.15, 0.2) is 5.96 Å². The zero-order valence-electron chi connectivity index (χ0n) is 16.8. The van der Waals surface area contributed by atoms with Crippen molar-refractivity contribution in [2.24, 2.45) is 4.99 Å². The van der Waals surface area contributed by atoms with E-state index in [2.05, 4.69) is 25.9 Å². The average molecular weight is 385 g/mol. The zero-order chi connectivity index (χ0) is 20.6. The lowest BCUT2D eigenvalue weighted by atomic mass is 9.84. The van der Waals surface area contributed by atoms with Gasteiger partial charge in [0.05, 0.1) is 0 Å². The first-order valence-electron chi connectivity index (χ1n) is 9.24. The molecule has 0 fully saturated rings. The number of anilines is 1. The summed E-state index contributed by atoms with van der Waals surface area (Å²) in [5.74, 6) is 0.763. The van der Waals surface area contributed by atoms with Crippen molar-refractivity contribution in [3.63, 3.8) is 0 Å². The number of guanidine groups is 1. The van der Waals surface area contributed by atoms with Crippen LogP contribution >= 0.6 is 0 Å². The quantitative estimate of drug-likeness (QED) is 0.506. The molecule has 0 spiro atoms. The Morgan fingerprint density at radius 2 is 1.93 bits per heavy atom. The molecule has 0 saturated carbocycles. The number of carbonyl (C=O) groups is 1. The fraction of sp³-hybridized carbons (Fsp3) is 0.381. The predicted octanol–water partition coefficient (Wildman–Crippen LogP) is 3.00. The number of rotatable bonds is 7. The molecule has 2 rings (SSSR count). The third-order valence-corrected chi connectivity index (χ3v) is 4.33. The lowest BCUT2D eigenvalue weighted by Gasteiger charge is -2.26. The molecule has 7 heteroatoms. The summed E-state index contributed by atoms with van der Waals surface area (Å²) in [6.45, 7) is 6.93. The minimum absolute atomic E-state index is 0.124. The third kappa shape index (κ3) is 6.64. The van der Waals surface area contributed by atoms with Crippen LogP contribution in [0.1, 0.15) is 31.5 Å². The highest BCUT2D eigenvalue weighted by Crippen LogP contribution is 2.22. The second kappa shape index (κ2) is 9.82. The summed E-state index contributed by atoms with van der Waals surface area (Å²) in [6, 6.07) is 12.1. The van der Waals surface area contributed by atoms with Crippen LogP contribution in [0.3, 0.4) is 0 Å². The van der Waals surface area contributed by atoms with Crippen molar-refractivity contribution in [3.05, 3.63) is 59.5 Å². The number of amides is 1. The summed E-state index contributed by atoms with van der Waals surface area (Å²) >= 11 is 0. The molecule has 1 aromatic carbocycles. The third-order valence-electron chi connectivity index (χ3n) is 4.33. The predicted molar refractivity (Wildman–Crippen MR) is 111 cm³/mol. The number of halogens is 1. The van der Waals surface area contributed by atoms with Gasteiger partial charge < -0.3 is 16.0 Å². The van der Waals surface area contributed by atoms with Gasteiger partial charge in [-0.1, -0.05) is 32.0 Å². The van der Waals surface area contributed by atoms with Crippen molar-refractivity contribution in [3.8, 4) is 0 Å². The normalized spacial score (nSPS) is 11.8. The molecule has 2 aromatic rings. The first-order valence-corrected chi connectivity index (χ1v) is 9.24. The number of hydrogen-bond donors (Lipinski definition) is 3. The summed E-state index contributed by atoms with van der Waals surface area (Å²) in [6.07, 6.45) is 0.281. The van der Waals surface area contributed by atoms with Crippen LogP contribution in [0.25, 0.3) is 0 Å². The molecule has 0 aliphatic heterocycles. The van der Waals surface area contributed by atoms with E-state index in [-0.39, 0.29) is 23.6 Å². The lowest BCUT2D eigenvalue weighted by Crippen LogP contribution is -2.44. The van der Waals surface area contributed by atoms with Crippen LogP contribution in [-0.2, 0) is 10.2 Å². The fourth-order valence-corrected chi connectivity index (χ4v) is 2.65. The maximum Gasteiger partial charge on any atom is 0.227 e. The second-order valence-electron chi connectivity index (χ2n) is 7.21. The zero-order valence-corrected chi connectivity index (χ0v) is 16.8. The topological polar surface area (TPSA) is 78.4 Å². The Morgan fingerprint density at radius 3 is 2.61 bits per heavy atom. The number of carbonyl (C=O) groups excluding carboxylic acids is 1. The van der Waals surface area contributed by atoms with E-state index in [4.69, 9.17) is 0 Å². The van der Waals surface area contributed by atoms with Crippen LogP contribution in [-0.4, -0.2) is 37.0 Å². The van der Waals surface area contributed by atoms with E-state index >= 15 is 0 Å². The number of nitrogens with one attached hydrogen (secondary N) is 3. The Bertz CT molecular complexity index is 835. The molecule has 1 aromatic heterocycles. The Hall–Kier alpha value is -2.96. The van der Waals surface area contributed by atoms with E-state index in [1.807, 2.05) is 39.0 Å². The monoisotopic (exact) mass is 385 g/mol. The van der Waals surface area contributed by atoms with E-state index in [1.54, 1.807) is 25.2 Å². The molecule has 6 nitrogen and oxygen atoms in total.